The van der Waals surface area contributed by atoms with Crippen LogP contribution < -0.4 is 5.32 Å². The maximum Gasteiger partial charge on any atom is 0.328 e. The van der Waals surface area contributed by atoms with Crippen molar-refractivity contribution in [1.82, 2.24) is 10.2 Å². The van der Waals surface area contributed by atoms with E-state index in [0.717, 1.165) is 6.08 Å². The number of anilines is 1. The number of hydrogen-bond donors (Lipinski definition) is 2. The highest BCUT2D eigenvalue weighted by atomic mass is 35.5. The molecule has 7 heteroatoms. The Bertz CT molecular complexity index is 702. The highest BCUT2D eigenvalue weighted by molar-refractivity contribution is 6.32. The van der Waals surface area contributed by atoms with Gasteiger partial charge in [0.1, 0.15) is 0 Å². The van der Waals surface area contributed by atoms with Crippen LogP contribution in [0.2, 0.25) is 5.02 Å². The second-order valence-corrected chi connectivity index (χ2v) is 4.38. The van der Waals surface area contributed by atoms with E-state index in [1.54, 1.807) is 24.3 Å². The number of rotatable bonds is 4. The normalized spacial score (nSPS) is 10.5. The second-order valence-electron chi connectivity index (χ2n) is 3.97. The van der Waals surface area contributed by atoms with Crippen molar-refractivity contribution in [2.75, 3.05) is 5.32 Å². The zero-order valence-electron chi connectivity index (χ0n) is 10.7. The molecule has 1 aromatic heterocycles. The minimum Gasteiger partial charge on any atom is -0.478 e. The SMILES string of the molecule is O=C(O)/C=C/c1ccc(C(=O)Nc2cccnn2)cc1Cl. The van der Waals surface area contributed by atoms with Crippen LogP contribution >= 0.6 is 11.6 Å². The van der Waals surface area contributed by atoms with Crippen molar-refractivity contribution in [2.24, 2.45) is 0 Å². The van der Waals surface area contributed by atoms with Crippen molar-refractivity contribution >= 4 is 35.4 Å². The van der Waals surface area contributed by atoms with Crippen LogP contribution in [0.25, 0.3) is 6.08 Å². The molecule has 1 heterocycles. The van der Waals surface area contributed by atoms with Crippen molar-refractivity contribution in [2.45, 2.75) is 0 Å². The molecule has 2 aromatic rings. The van der Waals surface area contributed by atoms with Gasteiger partial charge in [-0.15, -0.1) is 5.10 Å². The van der Waals surface area contributed by atoms with E-state index in [-0.39, 0.29) is 10.9 Å². The van der Waals surface area contributed by atoms with Crippen molar-refractivity contribution in [3.8, 4) is 0 Å². The average molecular weight is 304 g/mol. The number of halogens is 1. The first-order valence-electron chi connectivity index (χ1n) is 5.86. The van der Waals surface area contributed by atoms with E-state index in [2.05, 4.69) is 15.5 Å². The number of nitrogens with zero attached hydrogens (tertiary/aromatic N) is 2. The molecular weight excluding hydrogens is 294 g/mol. The third kappa shape index (κ3) is 4.12. The fourth-order valence-electron chi connectivity index (χ4n) is 1.52. The van der Waals surface area contributed by atoms with Gasteiger partial charge in [-0.1, -0.05) is 17.7 Å². The van der Waals surface area contributed by atoms with Crippen LogP contribution in [0.1, 0.15) is 15.9 Å². The molecule has 0 atom stereocenters. The topological polar surface area (TPSA) is 92.2 Å². The molecule has 0 saturated heterocycles. The highest BCUT2D eigenvalue weighted by Gasteiger charge is 2.09. The molecule has 21 heavy (non-hydrogen) atoms. The maximum absolute atomic E-state index is 12.0. The van der Waals surface area contributed by atoms with Crippen LogP contribution in [0.3, 0.4) is 0 Å². The summed E-state index contributed by atoms with van der Waals surface area (Å²) in [6.07, 6.45) is 3.83. The van der Waals surface area contributed by atoms with Crippen molar-refractivity contribution in [3.63, 3.8) is 0 Å². The number of amides is 1. The summed E-state index contributed by atoms with van der Waals surface area (Å²) < 4.78 is 0. The molecule has 0 unspecified atom stereocenters. The van der Waals surface area contributed by atoms with E-state index in [0.29, 0.717) is 16.9 Å². The van der Waals surface area contributed by atoms with Crippen LogP contribution in [-0.2, 0) is 4.79 Å². The first kappa shape index (κ1) is 14.7. The van der Waals surface area contributed by atoms with E-state index in [4.69, 9.17) is 16.7 Å². The largest absolute Gasteiger partial charge is 0.478 e. The van der Waals surface area contributed by atoms with Crippen LogP contribution in [-0.4, -0.2) is 27.2 Å². The minimum atomic E-state index is -1.07. The molecule has 1 amide bonds. The van der Waals surface area contributed by atoms with E-state index < -0.39 is 5.97 Å². The zero-order valence-corrected chi connectivity index (χ0v) is 11.4. The number of nitrogens with one attached hydrogen (secondary N) is 1. The number of carbonyl (C=O) groups excluding carboxylic acids is 1. The second kappa shape index (κ2) is 6.62. The fourth-order valence-corrected chi connectivity index (χ4v) is 1.76. The molecule has 6 nitrogen and oxygen atoms in total. The van der Waals surface area contributed by atoms with Gasteiger partial charge in [0.05, 0.1) is 0 Å². The molecule has 0 fully saturated rings. The lowest BCUT2D eigenvalue weighted by Gasteiger charge is -2.05. The van der Waals surface area contributed by atoms with Gasteiger partial charge in [-0.2, -0.15) is 5.10 Å². The molecule has 0 spiro atoms. The number of hydrogen-bond acceptors (Lipinski definition) is 4. The molecule has 0 bridgehead atoms. The standard InChI is InChI=1S/C14H10ClN3O3/c15-11-8-10(4-3-9(11)5-6-13(19)20)14(21)17-12-2-1-7-16-18-12/h1-8H,(H,19,20)(H,17,18,21)/b6-5+. The summed E-state index contributed by atoms with van der Waals surface area (Å²) >= 11 is 6.01. The van der Waals surface area contributed by atoms with E-state index in [1.807, 2.05) is 0 Å². The molecule has 1 aromatic carbocycles. The van der Waals surface area contributed by atoms with Gasteiger partial charge in [-0.05, 0) is 35.9 Å². The Morgan fingerprint density at radius 1 is 1.29 bits per heavy atom. The Labute approximate surface area is 125 Å². The van der Waals surface area contributed by atoms with E-state index >= 15 is 0 Å². The first-order chi connectivity index (χ1) is 10.1. The van der Waals surface area contributed by atoms with Gasteiger partial charge in [0.25, 0.3) is 5.91 Å². The predicted octanol–water partition coefficient (Wildman–Crippen LogP) is 2.48. The molecule has 0 aliphatic heterocycles. The Morgan fingerprint density at radius 2 is 2.10 bits per heavy atom. The number of carbonyl (C=O) groups is 2. The van der Waals surface area contributed by atoms with Crippen LogP contribution in [0.4, 0.5) is 5.82 Å². The highest BCUT2D eigenvalue weighted by Crippen LogP contribution is 2.20. The molecule has 0 aliphatic rings. The number of carboxylic acid groups (broad SMARTS) is 1. The van der Waals surface area contributed by atoms with E-state index in [1.165, 1.54) is 18.3 Å². The quantitative estimate of drug-likeness (QED) is 0.847. The molecule has 106 valence electrons. The molecular formula is C14H10ClN3O3. The smallest absolute Gasteiger partial charge is 0.328 e. The fraction of sp³-hybridized carbons (Fsp3) is 0. The minimum absolute atomic E-state index is 0.277. The summed E-state index contributed by atoms with van der Waals surface area (Å²) in [6.45, 7) is 0. The Hall–Kier alpha value is -2.73. The summed E-state index contributed by atoms with van der Waals surface area (Å²) in [5.41, 5.74) is 0.841. The van der Waals surface area contributed by atoms with Gasteiger partial charge in [0, 0.05) is 22.9 Å². The van der Waals surface area contributed by atoms with Gasteiger partial charge in [-0.3, -0.25) is 4.79 Å². The predicted molar refractivity (Wildman–Crippen MR) is 78.1 cm³/mol. The van der Waals surface area contributed by atoms with Crippen molar-refractivity contribution in [1.29, 1.82) is 0 Å². The molecule has 0 radical (unpaired) electrons. The third-order valence-electron chi connectivity index (χ3n) is 2.48. The summed E-state index contributed by atoms with van der Waals surface area (Å²) in [6, 6.07) is 7.81. The zero-order chi connectivity index (χ0) is 15.2. The molecule has 2 rings (SSSR count). The van der Waals surface area contributed by atoms with Gasteiger partial charge in [0.2, 0.25) is 0 Å². The molecule has 0 aliphatic carbocycles. The Kier molecular flexibility index (Phi) is 4.63. The molecule has 2 N–H and O–H groups in total. The Balaban J connectivity index is 2.16. The summed E-state index contributed by atoms with van der Waals surface area (Å²) in [5.74, 6) is -1.13. The van der Waals surface area contributed by atoms with Crippen LogP contribution in [0.5, 0.6) is 0 Å². The number of aromatic nitrogens is 2. The van der Waals surface area contributed by atoms with Crippen molar-refractivity contribution < 1.29 is 14.7 Å². The first-order valence-corrected chi connectivity index (χ1v) is 6.23. The summed E-state index contributed by atoms with van der Waals surface area (Å²) in [5, 5.41) is 18.8. The number of benzene rings is 1. The third-order valence-corrected chi connectivity index (χ3v) is 2.81. The Morgan fingerprint density at radius 3 is 2.71 bits per heavy atom. The van der Waals surface area contributed by atoms with Gasteiger partial charge >= 0.3 is 5.97 Å². The van der Waals surface area contributed by atoms with Gasteiger partial charge in [0.15, 0.2) is 5.82 Å². The average Bonchev–Trinajstić information content (AvgIpc) is 2.46. The molecule has 0 saturated carbocycles. The van der Waals surface area contributed by atoms with E-state index in [9.17, 15) is 9.59 Å². The monoisotopic (exact) mass is 303 g/mol. The lowest BCUT2D eigenvalue weighted by molar-refractivity contribution is -0.131. The van der Waals surface area contributed by atoms with Crippen molar-refractivity contribution in [3.05, 3.63) is 58.8 Å². The lowest BCUT2D eigenvalue weighted by atomic mass is 10.1. The lowest BCUT2D eigenvalue weighted by Crippen LogP contribution is -2.13. The summed E-state index contributed by atoms with van der Waals surface area (Å²) in [7, 11) is 0. The maximum atomic E-state index is 12.0. The van der Waals surface area contributed by atoms with Gasteiger partial charge < -0.3 is 10.4 Å². The van der Waals surface area contributed by atoms with Crippen LogP contribution in [0, 0.1) is 0 Å². The van der Waals surface area contributed by atoms with Crippen LogP contribution in [0.15, 0.2) is 42.6 Å². The summed E-state index contributed by atoms with van der Waals surface area (Å²) in [4.78, 5) is 22.4. The number of aliphatic carboxylic acids is 1. The van der Waals surface area contributed by atoms with Gasteiger partial charge in [-0.25, -0.2) is 4.79 Å². The number of carboxylic acids is 1.